The highest BCUT2D eigenvalue weighted by Gasteiger charge is 2.03. The summed E-state index contributed by atoms with van der Waals surface area (Å²) in [7, 11) is 0. The van der Waals surface area contributed by atoms with Crippen LogP contribution in [0.5, 0.6) is 0 Å². The van der Waals surface area contributed by atoms with Crippen LogP contribution in [0.4, 0.5) is 5.69 Å². The minimum absolute atomic E-state index is 0.628. The molecular formula is C20H21N3S2. The molecule has 0 unspecified atom stereocenters. The van der Waals surface area contributed by atoms with E-state index in [1.807, 2.05) is 6.92 Å². The van der Waals surface area contributed by atoms with Gasteiger partial charge in [0.05, 0.1) is 10.7 Å². The van der Waals surface area contributed by atoms with Crippen LogP contribution < -0.4 is 10.6 Å². The molecule has 25 heavy (non-hydrogen) atoms. The zero-order valence-corrected chi connectivity index (χ0v) is 16.0. The van der Waals surface area contributed by atoms with E-state index in [1.165, 1.54) is 11.1 Å². The number of thiocarbonyl (C=S) groups is 1. The fraction of sp³-hybridized carbons (Fsp3) is 0.200. The van der Waals surface area contributed by atoms with Gasteiger partial charge in [0.1, 0.15) is 0 Å². The van der Waals surface area contributed by atoms with Gasteiger partial charge in [0.2, 0.25) is 0 Å². The van der Waals surface area contributed by atoms with Crippen LogP contribution in [0.25, 0.3) is 11.3 Å². The molecule has 1 heterocycles. The smallest absolute Gasteiger partial charge is 0.171 e. The topological polar surface area (TPSA) is 37.0 Å². The Kier molecular flexibility index (Phi) is 5.79. The molecule has 0 saturated heterocycles. The van der Waals surface area contributed by atoms with E-state index in [4.69, 9.17) is 12.2 Å². The summed E-state index contributed by atoms with van der Waals surface area (Å²) in [5.74, 6) is 0. The Morgan fingerprint density at radius 2 is 1.72 bits per heavy atom. The van der Waals surface area contributed by atoms with Gasteiger partial charge in [-0.25, -0.2) is 4.98 Å². The number of nitrogens with zero attached hydrogens (tertiary/aromatic N) is 1. The Balaban J connectivity index is 1.53. The van der Waals surface area contributed by atoms with Crippen molar-refractivity contribution >= 4 is 34.4 Å². The predicted octanol–water partition coefficient (Wildman–Crippen LogP) is 5.17. The molecule has 0 amide bonds. The van der Waals surface area contributed by atoms with Crippen molar-refractivity contribution in [2.75, 3.05) is 5.32 Å². The standard InChI is InChI=1S/C20H21N3S2/c1-3-15-6-10-18(11-7-15)23-20(24)21-12-16-4-8-17(9-5-16)19-13-25-14(2)22-19/h4-11,13H,3,12H2,1-2H3,(H2,21,23,24). The van der Waals surface area contributed by atoms with Crippen LogP contribution in [0.3, 0.4) is 0 Å². The minimum Gasteiger partial charge on any atom is -0.358 e. The Bertz CT molecular complexity index is 836. The lowest BCUT2D eigenvalue weighted by Gasteiger charge is -2.11. The number of aryl methyl sites for hydroxylation is 2. The maximum absolute atomic E-state index is 5.37. The van der Waals surface area contributed by atoms with Crippen LogP contribution in [0, 0.1) is 6.92 Å². The van der Waals surface area contributed by atoms with Gasteiger partial charge in [-0.05, 0) is 48.8 Å². The average Bonchev–Trinajstić information content (AvgIpc) is 3.07. The first-order chi connectivity index (χ1) is 12.1. The first-order valence-corrected chi connectivity index (χ1v) is 9.58. The number of hydrogen-bond acceptors (Lipinski definition) is 3. The molecule has 0 radical (unpaired) electrons. The molecule has 3 nitrogen and oxygen atoms in total. The number of aromatic nitrogens is 1. The second kappa shape index (κ2) is 8.23. The molecule has 2 aromatic carbocycles. The number of anilines is 1. The molecule has 0 aliphatic rings. The number of thiazole rings is 1. The van der Waals surface area contributed by atoms with E-state index in [0.717, 1.165) is 28.4 Å². The van der Waals surface area contributed by atoms with E-state index >= 15 is 0 Å². The molecule has 5 heteroatoms. The van der Waals surface area contributed by atoms with Crippen molar-refractivity contribution in [1.82, 2.24) is 10.3 Å². The predicted molar refractivity (Wildman–Crippen MR) is 111 cm³/mol. The van der Waals surface area contributed by atoms with Crippen molar-refractivity contribution in [2.45, 2.75) is 26.8 Å². The highest BCUT2D eigenvalue weighted by atomic mass is 32.1. The molecule has 0 aliphatic carbocycles. The van der Waals surface area contributed by atoms with Crippen LogP contribution in [-0.4, -0.2) is 10.1 Å². The van der Waals surface area contributed by atoms with Crippen molar-refractivity contribution < 1.29 is 0 Å². The summed E-state index contributed by atoms with van der Waals surface area (Å²) in [4.78, 5) is 4.52. The van der Waals surface area contributed by atoms with Crippen LogP contribution >= 0.6 is 23.6 Å². The van der Waals surface area contributed by atoms with Crippen molar-refractivity contribution in [3.8, 4) is 11.3 Å². The van der Waals surface area contributed by atoms with Crippen molar-refractivity contribution in [3.63, 3.8) is 0 Å². The van der Waals surface area contributed by atoms with Crippen LogP contribution in [0.1, 0.15) is 23.1 Å². The van der Waals surface area contributed by atoms with E-state index in [0.29, 0.717) is 11.7 Å². The monoisotopic (exact) mass is 367 g/mol. The molecule has 1 aromatic heterocycles. The maximum atomic E-state index is 5.37. The molecule has 0 spiro atoms. The molecule has 128 valence electrons. The fourth-order valence-corrected chi connectivity index (χ4v) is 3.28. The molecule has 0 atom stereocenters. The van der Waals surface area contributed by atoms with Crippen LogP contribution in [0.2, 0.25) is 0 Å². The van der Waals surface area contributed by atoms with E-state index in [-0.39, 0.29) is 0 Å². The highest BCUT2D eigenvalue weighted by molar-refractivity contribution is 7.80. The first kappa shape index (κ1) is 17.6. The van der Waals surface area contributed by atoms with Gasteiger partial charge in [-0.1, -0.05) is 43.3 Å². The van der Waals surface area contributed by atoms with Gasteiger partial charge in [-0.3, -0.25) is 0 Å². The highest BCUT2D eigenvalue weighted by Crippen LogP contribution is 2.21. The third kappa shape index (κ3) is 4.87. The zero-order chi connectivity index (χ0) is 17.6. The Labute approximate surface area is 158 Å². The van der Waals surface area contributed by atoms with Gasteiger partial charge >= 0.3 is 0 Å². The number of rotatable bonds is 5. The lowest BCUT2D eigenvalue weighted by Crippen LogP contribution is -2.27. The molecular weight excluding hydrogens is 346 g/mol. The lowest BCUT2D eigenvalue weighted by molar-refractivity contribution is 0.926. The molecule has 0 saturated carbocycles. The molecule has 3 aromatic rings. The van der Waals surface area contributed by atoms with E-state index in [9.17, 15) is 0 Å². The van der Waals surface area contributed by atoms with Crippen molar-refractivity contribution in [2.24, 2.45) is 0 Å². The second-order valence-corrected chi connectivity index (χ2v) is 7.28. The van der Waals surface area contributed by atoms with Crippen molar-refractivity contribution in [3.05, 3.63) is 70.0 Å². The Hall–Kier alpha value is -2.24. The number of benzene rings is 2. The summed E-state index contributed by atoms with van der Waals surface area (Å²) >= 11 is 7.04. The van der Waals surface area contributed by atoms with Gasteiger partial charge < -0.3 is 10.6 Å². The minimum atomic E-state index is 0.628. The SMILES string of the molecule is CCc1ccc(NC(=S)NCc2ccc(-c3csc(C)n3)cc2)cc1. The summed E-state index contributed by atoms with van der Waals surface area (Å²) in [6, 6.07) is 16.8. The summed E-state index contributed by atoms with van der Waals surface area (Å²) in [6.45, 7) is 4.86. The van der Waals surface area contributed by atoms with E-state index in [2.05, 4.69) is 76.5 Å². The number of nitrogens with one attached hydrogen (secondary N) is 2. The van der Waals surface area contributed by atoms with Gasteiger partial charge in [-0.2, -0.15) is 0 Å². The van der Waals surface area contributed by atoms with Crippen molar-refractivity contribution in [1.29, 1.82) is 0 Å². The number of hydrogen-bond donors (Lipinski definition) is 2. The summed E-state index contributed by atoms with van der Waals surface area (Å²) in [5.41, 5.74) is 5.68. The summed E-state index contributed by atoms with van der Waals surface area (Å²) in [5, 5.41) is 10.3. The van der Waals surface area contributed by atoms with Gasteiger partial charge in [0.15, 0.2) is 5.11 Å². The molecule has 3 rings (SSSR count). The average molecular weight is 368 g/mol. The third-order valence-corrected chi connectivity index (χ3v) is 4.96. The van der Waals surface area contributed by atoms with E-state index in [1.54, 1.807) is 11.3 Å². The molecule has 0 bridgehead atoms. The van der Waals surface area contributed by atoms with Gasteiger partial charge in [-0.15, -0.1) is 11.3 Å². The molecule has 2 N–H and O–H groups in total. The maximum Gasteiger partial charge on any atom is 0.171 e. The zero-order valence-electron chi connectivity index (χ0n) is 14.4. The third-order valence-electron chi connectivity index (χ3n) is 3.94. The second-order valence-electron chi connectivity index (χ2n) is 5.81. The molecule has 0 fully saturated rings. The lowest BCUT2D eigenvalue weighted by atomic mass is 10.1. The Morgan fingerprint density at radius 1 is 1.04 bits per heavy atom. The van der Waals surface area contributed by atoms with Gasteiger partial charge in [0, 0.05) is 23.2 Å². The summed E-state index contributed by atoms with van der Waals surface area (Å²) in [6.07, 6.45) is 1.04. The van der Waals surface area contributed by atoms with Gasteiger partial charge in [0.25, 0.3) is 0 Å². The Morgan fingerprint density at radius 3 is 2.32 bits per heavy atom. The molecule has 0 aliphatic heterocycles. The quantitative estimate of drug-likeness (QED) is 0.610. The van der Waals surface area contributed by atoms with Crippen LogP contribution in [0.15, 0.2) is 53.9 Å². The first-order valence-electron chi connectivity index (χ1n) is 8.29. The summed E-state index contributed by atoms with van der Waals surface area (Å²) < 4.78 is 0. The largest absolute Gasteiger partial charge is 0.358 e. The fourth-order valence-electron chi connectivity index (χ4n) is 2.47. The van der Waals surface area contributed by atoms with E-state index < -0.39 is 0 Å². The normalized spacial score (nSPS) is 10.5. The van der Waals surface area contributed by atoms with Crippen LogP contribution in [-0.2, 0) is 13.0 Å².